The zero-order valence-corrected chi connectivity index (χ0v) is 20.1. The second-order valence-electron chi connectivity index (χ2n) is 7.99. The summed E-state index contributed by atoms with van der Waals surface area (Å²) in [5.74, 6) is -1.25. The van der Waals surface area contributed by atoms with Crippen molar-refractivity contribution in [2.45, 2.75) is 27.7 Å². The lowest BCUT2D eigenvalue weighted by molar-refractivity contribution is -0.119. The summed E-state index contributed by atoms with van der Waals surface area (Å²) >= 11 is 0. The van der Waals surface area contributed by atoms with Gasteiger partial charge in [0.2, 0.25) is 10.0 Å². The quantitative estimate of drug-likeness (QED) is 0.422. The third kappa shape index (κ3) is 5.67. The standard InChI is InChI=1S/C24H27FN4O3S/c1-16-9-10-17(2)23(11-16)29-18(3)12-20(19(29)4)14-26-27-24(30)15-28(33(5,31)32)22-8-6-7-21(25)13-22/h6-14H,15H2,1-5H3,(H,27,30)/b26-14-. The number of anilines is 1. The minimum absolute atomic E-state index is 0.0636. The van der Waals surface area contributed by atoms with E-state index < -0.39 is 28.3 Å². The minimum Gasteiger partial charge on any atom is -0.318 e. The highest BCUT2D eigenvalue weighted by Crippen LogP contribution is 2.23. The van der Waals surface area contributed by atoms with E-state index in [1.807, 2.05) is 33.8 Å². The SMILES string of the molecule is Cc1ccc(C)c(-n2c(C)cc(/C=N\NC(=O)CN(c3cccc(F)c3)S(C)(=O)=O)c2C)c1. The molecular weight excluding hydrogens is 443 g/mol. The second-order valence-corrected chi connectivity index (χ2v) is 9.90. The van der Waals surface area contributed by atoms with Gasteiger partial charge in [0, 0.05) is 22.6 Å². The third-order valence-electron chi connectivity index (χ3n) is 5.25. The summed E-state index contributed by atoms with van der Waals surface area (Å²) in [6, 6.07) is 13.3. The number of halogens is 1. The van der Waals surface area contributed by atoms with Crippen molar-refractivity contribution < 1.29 is 17.6 Å². The van der Waals surface area contributed by atoms with Crippen molar-refractivity contribution >= 4 is 27.8 Å². The number of aromatic nitrogens is 1. The van der Waals surface area contributed by atoms with Crippen LogP contribution in [-0.2, 0) is 14.8 Å². The largest absolute Gasteiger partial charge is 0.318 e. The molecule has 0 radical (unpaired) electrons. The van der Waals surface area contributed by atoms with Crippen LogP contribution >= 0.6 is 0 Å². The van der Waals surface area contributed by atoms with Gasteiger partial charge in [0.1, 0.15) is 12.4 Å². The van der Waals surface area contributed by atoms with Crippen molar-refractivity contribution in [3.63, 3.8) is 0 Å². The topological polar surface area (TPSA) is 83.8 Å². The first-order chi connectivity index (χ1) is 15.5. The van der Waals surface area contributed by atoms with E-state index in [0.29, 0.717) is 0 Å². The van der Waals surface area contributed by atoms with E-state index in [9.17, 15) is 17.6 Å². The zero-order valence-electron chi connectivity index (χ0n) is 19.3. The van der Waals surface area contributed by atoms with Crippen LogP contribution in [0, 0.1) is 33.5 Å². The fourth-order valence-corrected chi connectivity index (χ4v) is 4.47. The second kappa shape index (κ2) is 9.58. The van der Waals surface area contributed by atoms with Gasteiger partial charge < -0.3 is 4.57 Å². The van der Waals surface area contributed by atoms with Crippen LogP contribution in [0.2, 0.25) is 0 Å². The Morgan fingerprint density at radius 1 is 1.12 bits per heavy atom. The summed E-state index contributed by atoms with van der Waals surface area (Å²) in [6.07, 6.45) is 2.48. The fraction of sp³-hybridized carbons (Fsp3) is 0.250. The van der Waals surface area contributed by atoms with Gasteiger partial charge in [0.15, 0.2) is 0 Å². The molecular formula is C24H27FN4O3S. The highest BCUT2D eigenvalue weighted by atomic mass is 32.2. The molecule has 0 spiro atoms. The number of nitrogens with zero attached hydrogens (tertiary/aromatic N) is 3. The molecule has 1 aromatic heterocycles. The van der Waals surface area contributed by atoms with Crippen LogP contribution in [0.4, 0.5) is 10.1 Å². The number of carbonyl (C=O) groups excluding carboxylic acids is 1. The van der Waals surface area contributed by atoms with Gasteiger partial charge in [-0.3, -0.25) is 9.10 Å². The first-order valence-electron chi connectivity index (χ1n) is 10.3. The first-order valence-corrected chi connectivity index (χ1v) is 12.1. The lowest BCUT2D eigenvalue weighted by atomic mass is 10.1. The number of rotatable bonds is 7. The van der Waals surface area contributed by atoms with E-state index in [4.69, 9.17) is 0 Å². The average molecular weight is 471 g/mol. The third-order valence-corrected chi connectivity index (χ3v) is 6.39. The fourth-order valence-electron chi connectivity index (χ4n) is 3.62. The first kappa shape index (κ1) is 24.2. The highest BCUT2D eigenvalue weighted by Gasteiger charge is 2.21. The van der Waals surface area contributed by atoms with E-state index in [-0.39, 0.29) is 5.69 Å². The Morgan fingerprint density at radius 3 is 2.52 bits per heavy atom. The van der Waals surface area contributed by atoms with Crippen molar-refractivity contribution in [1.82, 2.24) is 9.99 Å². The molecule has 0 atom stereocenters. The minimum atomic E-state index is -3.80. The van der Waals surface area contributed by atoms with Crippen LogP contribution < -0.4 is 9.73 Å². The summed E-state index contributed by atoms with van der Waals surface area (Å²) in [5.41, 5.74) is 8.57. The Hall–Kier alpha value is -3.46. The summed E-state index contributed by atoms with van der Waals surface area (Å²) in [6.45, 7) is 7.52. The molecule has 3 aromatic rings. The van der Waals surface area contributed by atoms with Crippen molar-refractivity contribution in [3.8, 4) is 5.69 Å². The van der Waals surface area contributed by atoms with Gasteiger partial charge in [0.25, 0.3) is 5.91 Å². The van der Waals surface area contributed by atoms with E-state index in [1.54, 1.807) is 0 Å². The number of aryl methyl sites for hydroxylation is 3. The molecule has 174 valence electrons. The Balaban J connectivity index is 1.77. The Morgan fingerprint density at radius 2 is 1.85 bits per heavy atom. The van der Waals surface area contributed by atoms with Crippen LogP contribution in [0.15, 0.2) is 53.6 Å². The predicted octanol–water partition coefficient (Wildman–Crippen LogP) is 3.77. The maximum atomic E-state index is 13.5. The van der Waals surface area contributed by atoms with Crippen LogP contribution in [0.1, 0.15) is 28.1 Å². The molecule has 0 aliphatic heterocycles. The van der Waals surface area contributed by atoms with E-state index >= 15 is 0 Å². The molecule has 0 saturated heterocycles. The summed E-state index contributed by atoms with van der Waals surface area (Å²) in [4.78, 5) is 12.4. The lowest BCUT2D eigenvalue weighted by Gasteiger charge is -2.21. The van der Waals surface area contributed by atoms with Gasteiger partial charge in [-0.2, -0.15) is 5.10 Å². The summed E-state index contributed by atoms with van der Waals surface area (Å²) in [7, 11) is -3.80. The maximum absolute atomic E-state index is 13.5. The zero-order chi connectivity index (χ0) is 24.3. The van der Waals surface area contributed by atoms with Gasteiger partial charge in [0.05, 0.1) is 18.2 Å². The molecule has 0 unspecified atom stereocenters. The average Bonchev–Trinajstić information content (AvgIpc) is 3.00. The highest BCUT2D eigenvalue weighted by molar-refractivity contribution is 7.92. The molecule has 0 saturated carbocycles. The van der Waals surface area contributed by atoms with Gasteiger partial charge in [-0.25, -0.2) is 18.2 Å². The number of hydrogen-bond acceptors (Lipinski definition) is 4. The molecule has 0 aliphatic rings. The van der Waals surface area contributed by atoms with Gasteiger partial charge in [-0.05, 0) is 69.2 Å². The normalized spacial score (nSPS) is 11.7. The van der Waals surface area contributed by atoms with E-state index in [1.165, 1.54) is 24.4 Å². The number of benzene rings is 2. The van der Waals surface area contributed by atoms with Crippen molar-refractivity contribution in [3.05, 3.63) is 82.4 Å². The number of hydrazone groups is 1. The van der Waals surface area contributed by atoms with Gasteiger partial charge in [-0.1, -0.05) is 18.2 Å². The molecule has 0 bridgehead atoms. The predicted molar refractivity (Wildman–Crippen MR) is 129 cm³/mol. The number of amides is 1. The number of sulfonamides is 1. The Kier molecular flexibility index (Phi) is 7.02. The maximum Gasteiger partial charge on any atom is 0.260 e. The molecule has 9 heteroatoms. The lowest BCUT2D eigenvalue weighted by Crippen LogP contribution is -2.39. The van der Waals surface area contributed by atoms with Crippen LogP contribution in [-0.4, -0.2) is 37.9 Å². The van der Waals surface area contributed by atoms with Crippen LogP contribution in [0.5, 0.6) is 0 Å². The molecule has 1 heterocycles. The molecule has 3 rings (SSSR count). The molecule has 1 amide bonds. The summed E-state index contributed by atoms with van der Waals surface area (Å²) in [5, 5.41) is 4.00. The van der Waals surface area contributed by atoms with Crippen molar-refractivity contribution in [1.29, 1.82) is 0 Å². The molecule has 0 fully saturated rings. The van der Waals surface area contributed by atoms with Crippen LogP contribution in [0.25, 0.3) is 5.69 Å². The van der Waals surface area contributed by atoms with Gasteiger partial charge in [-0.15, -0.1) is 0 Å². The molecule has 2 aromatic carbocycles. The van der Waals surface area contributed by atoms with Crippen molar-refractivity contribution in [2.75, 3.05) is 17.1 Å². The molecule has 1 N–H and O–H groups in total. The molecule has 33 heavy (non-hydrogen) atoms. The summed E-state index contributed by atoms with van der Waals surface area (Å²) < 4.78 is 40.7. The smallest absolute Gasteiger partial charge is 0.260 e. The number of carbonyl (C=O) groups is 1. The number of hydrogen-bond donors (Lipinski definition) is 1. The molecule has 0 aliphatic carbocycles. The van der Waals surface area contributed by atoms with Gasteiger partial charge >= 0.3 is 0 Å². The Bertz CT molecular complexity index is 1330. The van der Waals surface area contributed by atoms with Crippen LogP contribution in [0.3, 0.4) is 0 Å². The monoisotopic (exact) mass is 470 g/mol. The van der Waals surface area contributed by atoms with E-state index in [0.717, 1.165) is 50.4 Å². The van der Waals surface area contributed by atoms with Crippen molar-refractivity contribution in [2.24, 2.45) is 5.10 Å². The Labute approximate surface area is 193 Å². The number of nitrogens with one attached hydrogen (secondary N) is 1. The molecule has 7 nitrogen and oxygen atoms in total. The van der Waals surface area contributed by atoms with E-state index in [2.05, 4.69) is 33.3 Å².